The van der Waals surface area contributed by atoms with Gasteiger partial charge in [0.2, 0.25) is 11.1 Å². The van der Waals surface area contributed by atoms with Gasteiger partial charge in [0, 0.05) is 18.7 Å². The molecule has 4 rings (SSSR count). The van der Waals surface area contributed by atoms with Gasteiger partial charge in [0.1, 0.15) is 0 Å². The van der Waals surface area contributed by atoms with Crippen molar-refractivity contribution >= 4 is 29.3 Å². The number of rotatable bonds is 6. The number of halogens is 1. The van der Waals surface area contributed by atoms with Gasteiger partial charge >= 0.3 is 0 Å². The molecule has 1 aliphatic heterocycles. The molecule has 1 amide bonds. The van der Waals surface area contributed by atoms with Gasteiger partial charge in [-0.2, -0.15) is 0 Å². The molecule has 162 valence electrons. The Labute approximate surface area is 191 Å². The second-order valence-electron chi connectivity index (χ2n) is 7.87. The summed E-state index contributed by atoms with van der Waals surface area (Å²) in [6.45, 7) is 3.48. The number of nitrogens with zero attached hydrogens (tertiary/aromatic N) is 4. The highest BCUT2D eigenvalue weighted by atomic mass is 35.5. The number of hydrogen-bond acceptors (Lipinski definition) is 5. The molecule has 3 aromatic rings. The maximum atomic E-state index is 13.0. The average Bonchev–Trinajstić information content (AvgIpc) is 3.14. The first-order chi connectivity index (χ1) is 15.0. The van der Waals surface area contributed by atoms with Crippen LogP contribution in [-0.4, -0.2) is 44.0 Å². The van der Waals surface area contributed by atoms with Gasteiger partial charge in [-0.3, -0.25) is 4.79 Å². The third-order valence-corrected chi connectivity index (χ3v) is 7.08. The Hall–Kier alpha value is -2.51. The molecule has 31 heavy (non-hydrogen) atoms. The zero-order chi connectivity index (χ0) is 21.8. The monoisotopic (exact) mass is 455 g/mol. The maximum Gasteiger partial charge on any atom is 0.235 e. The summed E-state index contributed by atoms with van der Waals surface area (Å²) in [5, 5.41) is 9.12. The van der Waals surface area contributed by atoms with Crippen molar-refractivity contribution in [3.8, 4) is 11.4 Å². The van der Waals surface area contributed by atoms with E-state index >= 15 is 0 Å². The van der Waals surface area contributed by atoms with Crippen LogP contribution in [0, 0.1) is 5.92 Å². The number of piperidine rings is 1. The summed E-state index contributed by atoms with van der Waals surface area (Å²) in [6, 6.07) is 17.9. The fourth-order valence-corrected chi connectivity index (χ4v) is 5.03. The average molecular weight is 456 g/mol. The zero-order valence-electron chi connectivity index (χ0n) is 17.4. The molecule has 1 fully saturated rings. The quantitative estimate of drug-likeness (QED) is 0.443. The van der Waals surface area contributed by atoms with Crippen molar-refractivity contribution in [1.82, 2.24) is 19.8 Å². The van der Waals surface area contributed by atoms with Crippen LogP contribution < -0.4 is 5.84 Å². The largest absolute Gasteiger partial charge is 0.342 e. The zero-order valence-corrected chi connectivity index (χ0v) is 19.0. The van der Waals surface area contributed by atoms with Crippen LogP contribution in [0.1, 0.15) is 25.3 Å². The van der Waals surface area contributed by atoms with Crippen molar-refractivity contribution in [2.75, 3.05) is 18.9 Å². The second-order valence-corrected chi connectivity index (χ2v) is 9.59. The van der Waals surface area contributed by atoms with Gasteiger partial charge < -0.3 is 10.7 Å². The minimum Gasteiger partial charge on any atom is -0.342 e. The van der Waals surface area contributed by atoms with Crippen LogP contribution in [0.5, 0.6) is 0 Å². The Morgan fingerprint density at radius 1 is 1.13 bits per heavy atom. The maximum absolute atomic E-state index is 13.0. The van der Waals surface area contributed by atoms with Crippen LogP contribution in [0.3, 0.4) is 0 Å². The molecule has 2 N–H and O–H groups in total. The van der Waals surface area contributed by atoms with E-state index in [0.29, 0.717) is 27.5 Å². The Morgan fingerprint density at radius 2 is 1.81 bits per heavy atom. The van der Waals surface area contributed by atoms with E-state index in [4.69, 9.17) is 17.4 Å². The number of amides is 1. The summed E-state index contributed by atoms with van der Waals surface area (Å²) in [5.74, 6) is 7.43. The van der Waals surface area contributed by atoms with E-state index in [1.807, 2.05) is 36.1 Å². The predicted molar refractivity (Wildman–Crippen MR) is 125 cm³/mol. The summed E-state index contributed by atoms with van der Waals surface area (Å²) in [7, 11) is 0. The van der Waals surface area contributed by atoms with Crippen LogP contribution in [-0.2, 0) is 11.2 Å². The molecule has 0 saturated carbocycles. The Balaban J connectivity index is 1.34. The number of benzene rings is 2. The van der Waals surface area contributed by atoms with Gasteiger partial charge in [-0.25, -0.2) is 4.68 Å². The Bertz CT molecular complexity index is 1030. The van der Waals surface area contributed by atoms with E-state index in [2.05, 4.69) is 34.5 Å². The van der Waals surface area contributed by atoms with Gasteiger partial charge in [0.25, 0.3) is 0 Å². The van der Waals surface area contributed by atoms with Gasteiger partial charge in [0.15, 0.2) is 5.82 Å². The van der Waals surface area contributed by atoms with Gasteiger partial charge in [-0.15, -0.1) is 10.2 Å². The van der Waals surface area contributed by atoms with Crippen molar-refractivity contribution in [2.24, 2.45) is 5.92 Å². The molecule has 2 heterocycles. The van der Waals surface area contributed by atoms with Crippen LogP contribution in [0.15, 0.2) is 59.8 Å². The molecule has 0 radical (unpaired) electrons. The smallest absolute Gasteiger partial charge is 0.235 e. The van der Waals surface area contributed by atoms with E-state index in [0.717, 1.165) is 32.4 Å². The fourth-order valence-electron chi connectivity index (χ4n) is 3.95. The molecule has 0 bridgehead atoms. The van der Waals surface area contributed by atoms with Gasteiger partial charge in [0.05, 0.1) is 10.3 Å². The van der Waals surface area contributed by atoms with E-state index in [-0.39, 0.29) is 11.2 Å². The molecule has 6 nitrogen and oxygen atoms in total. The van der Waals surface area contributed by atoms with Crippen molar-refractivity contribution in [1.29, 1.82) is 0 Å². The number of nitrogens with two attached hydrogens (primary N) is 1. The molecule has 1 unspecified atom stereocenters. The summed E-state index contributed by atoms with van der Waals surface area (Å²) in [6.07, 6.45) is 3.14. The number of thioether (sulfide) groups is 1. The van der Waals surface area contributed by atoms with E-state index in [9.17, 15) is 4.79 Å². The molecular weight excluding hydrogens is 430 g/mol. The van der Waals surface area contributed by atoms with E-state index in [1.54, 1.807) is 6.07 Å². The van der Waals surface area contributed by atoms with Crippen LogP contribution >= 0.6 is 23.4 Å². The molecule has 1 aliphatic rings. The third kappa shape index (κ3) is 5.05. The van der Waals surface area contributed by atoms with Crippen LogP contribution in [0.4, 0.5) is 0 Å². The fraction of sp³-hybridized carbons (Fsp3) is 0.348. The minimum absolute atomic E-state index is 0.116. The normalized spacial score (nSPS) is 15.7. The van der Waals surface area contributed by atoms with Gasteiger partial charge in [-0.1, -0.05) is 65.8 Å². The van der Waals surface area contributed by atoms with Crippen LogP contribution in [0.2, 0.25) is 5.02 Å². The summed E-state index contributed by atoms with van der Waals surface area (Å²) < 4.78 is 1.40. The standard InChI is InChI=1S/C23H26ClN5OS/c1-16(31-23-27-26-21(29(23)25)19-9-5-6-10-20(19)24)22(30)28-13-11-18(12-14-28)15-17-7-3-2-4-8-17/h2-10,16,18H,11-15,25H2,1H3. The van der Waals surface area contributed by atoms with E-state index < -0.39 is 0 Å². The first kappa shape index (κ1) is 21.7. The highest BCUT2D eigenvalue weighted by Gasteiger charge is 2.28. The molecule has 0 spiro atoms. The molecule has 0 aliphatic carbocycles. The first-order valence-electron chi connectivity index (χ1n) is 10.5. The lowest BCUT2D eigenvalue weighted by Gasteiger charge is -2.33. The molecule has 2 aromatic carbocycles. The minimum atomic E-state index is -0.295. The Morgan fingerprint density at radius 3 is 2.52 bits per heavy atom. The summed E-state index contributed by atoms with van der Waals surface area (Å²) in [4.78, 5) is 15.0. The number of carbonyl (C=O) groups is 1. The van der Waals surface area contributed by atoms with Crippen molar-refractivity contribution < 1.29 is 4.79 Å². The van der Waals surface area contributed by atoms with E-state index in [1.165, 1.54) is 22.0 Å². The van der Waals surface area contributed by atoms with Crippen molar-refractivity contribution in [3.63, 3.8) is 0 Å². The Kier molecular flexibility index (Phi) is 6.83. The molecular formula is C23H26ClN5OS. The lowest BCUT2D eigenvalue weighted by Crippen LogP contribution is -2.42. The van der Waals surface area contributed by atoms with Crippen molar-refractivity contribution in [2.45, 2.75) is 36.6 Å². The molecule has 8 heteroatoms. The third-order valence-electron chi connectivity index (χ3n) is 5.70. The number of carbonyl (C=O) groups excluding carboxylic acids is 1. The highest BCUT2D eigenvalue weighted by Crippen LogP contribution is 2.30. The number of aromatic nitrogens is 3. The highest BCUT2D eigenvalue weighted by molar-refractivity contribution is 8.00. The number of likely N-dealkylation sites (tertiary alicyclic amines) is 1. The summed E-state index contributed by atoms with van der Waals surface area (Å²) >= 11 is 7.58. The van der Waals surface area contributed by atoms with Crippen molar-refractivity contribution in [3.05, 3.63) is 65.2 Å². The topological polar surface area (TPSA) is 77.0 Å². The second kappa shape index (κ2) is 9.75. The molecule has 1 aromatic heterocycles. The number of nitrogen functional groups attached to an aromatic ring is 1. The molecule has 1 saturated heterocycles. The number of hydrogen-bond donors (Lipinski definition) is 1. The predicted octanol–water partition coefficient (Wildman–Crippen LogP) is 4.27. The SMILES string of the molecule is CC(Sc1nnc(-c2ccccc2Cl)n1N)C(=O)N1CCC(Cc2ccccc2)CC1. The first-order valence-corrected chi connectivity index (χ1v) is 11.7. The lowest BCUT2D eigenvalue weighted by molar-refractivity contribution is -0.131. The van der Waals surface area contributed by atoms with Crippen LogP contribution in [0.25, 0.3) is 11.4 Å². The van der Waals surface area contributed by atoms with Gasteiger partial charge in [-0.05, 0) is 49.8 Å². The molecule has 1 atom stereocenters. The summed E-state index contributed by atoms with van der Waals surface area (Å²) in [5.41, 5.74) is 2.08. The lowest BCUT2D eigenvalue weighted by atomic mass is 9.90.